The van der Waals surface area contributed by atoms with Gasteiger partial charge in [0.25, 0.3) is 5.91 Å². The van der Waals surface area contributed by atoms with E-state index in [1.807, 2.05) is 50.2 Å². The highest BCUT2D eigenvalue weighted by Crippen LogP contribution is 2.22. The molecular formula is C16H18N2O2. The Hall–Kier alpha value is -2.49. The Balaban J connectivity index is 1.96. The second kappa shape index (κ2) is 6.10. The number of benzene rings is 2. The van der Waals surface area contributed by atoms with E-state index in [9.17, 15) is 4.79 Å². The summed E-state index contributed by atoms with van der Waals surface area (Å²) >= 11 is 0. The van der Waals surface area contributed by atoms with Gasteiger partial charge in [-0.15, -0.1) is 0 Å². The zero-order valence-electron chi connectivity index (χ0n) is 11.6. The Labute approximate surface area is 118 Å². The topological polar surface area (TPSA) is 64.3 Å². The van der Waals surface area contributed by atoms with Gasteiger partial charge >= 0.3 is 0 Å². The molecule has 2 rings (SSSR count). The highest BCUT2D eigenvalue weighted by Gasteiger charge is 2.08. The van der Waals surface area contributed by atoms with E-state index in [4.69, 9.17) is 10.5 Å². The first-order valence-corrected chi connectivity index (χ1v) is 6.40. The van der Waals surface area contributed by atoms with Gasteiger partial charge in [-0.05, 0) is 43.2 Å². The molecular weight excluding hydrogens is 252 g/mol. The van der Waals surface area contributed by atoms with Crippen LogP contribution in [0.1, 0.15) is 11.1 Å². The summed E-state index contributed by atoms with van der Waals surface area (Å²) in [6, 6.07) is 13.1. The van der Waals surface area contributed by atoms with Crippen LogP contribution in [0.2, 0.25) is 0 Å². The van der Waals surface area contributed by atoms with Gasteiger partial charge in [0, 0.05) is 0 Å². The van der Waals surface area contributed by atoms with E-state index >= 15 is 0 Å². The lowest BCUT2D eigenvalue weighted by molar-refractivity contribution is -0.118. The molecule has 0 unspecified atom stereocenters. The fourth-order valence-corrected chi connectivity index (χ4v) is 1.89. The predicted octanol–water partition coefficient (Wildman–Crippen LogP) is 2.90. The van der Waals surface area contributed by atoms with Crippen LogP contribution < -0.4 is 15.8 Å². The number of rotatable bonds is 4. The second-order valence-electron chi connectivity index (χ2n) is 4.69. The third-order valence-electron chi connectivity index (χ3n) is 2.93. The van der Waals surface area contributed by atoms with E-state index < -0.39 is 0 Å². The number of carbonyl (C=O) groups is 1. The molecule has 0 aliphatic carbocycles. The van der Waals surface area contributed by atoms with Crippen LogP contribution >= 0.6 is 0 Å². The summed E-state index contributed by atoms with van der Waals surface area (Å²) in [7, 11) is 0. The minimum Gasteiger partial charge on any atom is -0.484 e. The largest absolute Gasteiger partial charge is 0.484 e. The van der Waals surface area contributed by atoms with Crippen molar-refractivity contribution in [2.45, 2.75) is 13.8 Å². The van der Waals surface area contributed by atoms with Crippen LogP contribution in [0, 0.1) is 13.8 Å². The number of aryl methyl sites for hydroxylation is 2. The summed E-state index contributed by atoms with van der Waals surface area (Å²) in [4.78, 5) is 11.9. The summed E-state index contributed by atoms with van der Waals surface area (Å²) in [5.74, 6) is 0.449. The molecule has 2 aromatic carbocycles. The number of hydrogen-bond donors (Lipinski definition) is 2. The monoisotopic (exact) mass is 270 g/mol. The predicted molar refractivity (Wildman–Crippen MR) is 80.9 cm³/mol. The molecule has 0 heterocycles. The number of carbonyl (C=O) groups excluding carboxylic acids is 1. The third kappa shape index (κ3) is 3.51. The highest BCUT2D eigenvalue weighted by atomic mass is 16.5. The molecule has 20 heavy (non-hydrogen) atoms. The number of hydrogen-bond acceptors (Lipinski definition) is 3. The summed E-state index contributed by atoms with van der Waals surface area (Å²) < 4.78 is 5.45. The van der Waals surface area contributed by atoms with Crippen molar-refractivity contribution < 1.29 is 9.53 Å². The molecule has 0 fully saturated rings. The number of nitrogen functional groups attached to an aromatic ring is 1. The summed E-state index contributed by atoms with van der Waals surface area (Å²) in [6.07, 6.45) is 0. The molecule has 0 saturated carbocycles. The van der Waals surface area contributed by atoms with Crippen LogP contribution in [0.25, 0.3) is 0 Å². The van der Waals surface area contributed by atoms with Crippen LogP contribution in [0.5, 0.6) is 5.75 Å². The van der Waals surface area contributed by atoms with E-state index in [1.165, 1.54) is 0 Å². The van der Waals surface area contributed by atoms with Crippen molar-refractivity contribution in [2.75, 3.05) is 17.7 Å². The second-order valence-corrected chi connectivity index (χ2v) is 4.69. The van der Waals surface area contributed by atoms with Gasteiger partial charge in [0.1, 0.15) is 5.75 Å². The average Bonchev–Trinajstić information content (AvgIpc) is 2.41. The molecule has 0 saturated heterocycles. The molecule has 0 radical (unpaired) electrons. The maximum Gasteiger partial charge on any atom is 0.262 e. The third-order valence-corrected chi connectivity index (χ3v) is 2.93. The van der Waals surface area contributed by atoms with E-state index in [-0.39, 0.29) is 12.5 Å². The molecule has 4 heteroatoms. The summed E-state index contributed by atoms with van der Waals surface area (Å²) in [5, 5.41) is 2.77. The fraction of sp³-hybridized carbons (Fsp3) is 0.188. The lowest BCUT2D eigenvalue weighted by Gasteiger charge is -2.12. The van der Waals surface area contributed by atoms with Crippen molar-refractivity contribution in [2.24, 2.45) is 0 Å². The first-order chi connectivity index (χ1) is 9.56. The first kappa shape index (κ1) is 13.9. The van der Waals surface area contributed by atoms with E-state index in [2.05, 4.69) is 5.32 Å². The molecule has 0 aliphatic rings. The first-order valence-electron chi connectivity index (χ1n) is 6.40. The Morgan fingerprint density at radius 3 is 2.65 bits per heavy atom. The quantitative estimate of drug-likeness (QED) is 0.840. The number of nitrogens with one attached hydrogen (secondary N) is 1. The molecule has 0 bridgehead atoms. The molecule has 0 aromatic heterocycles. The molecule has 4 nitrogen and oxygen atoms in total. The van der Waals surface area contributed by atoms with E-state index in [0.717, 1.165) is 11.1 Å². The van der Waals surface area contributed by atoms with Gasteiger partial charge in [-0.25, -0.2) is 0 Å². The van der Waals surface area contributed by atoms with Crippen LogP contribution in [-0.2, 0) is 4.79 Å². The van der Waals surface area contributed by atoms with Gasteiger partial charge in [-0.3, -0.25) is 4.79 Å². The highest BCUT2D eigenvalue weighted by molar-refractivity contribution is 5.95. The van der Waals surface area contributed by atoms with Crippen molar-refractivity contribution in [1.29, 1.82) is 0 Å². The zero-order valence-corrected chi connectivity index (χ0v) is 11.6. The van der Waals surface area contributed by atoms with Crippen LogP contribution in [0.3, 0.4) is 0 Å². The lowest BCUT2D eigenvalue weighted by atomic mass is 10.1. The molecule has 1 amide bonds. The molecule has 3 N–H and O–H groups in total. The van der Waals surface area contributed by atoms with E-state index in [0.29, 0.717) is 17.1 Å². The standard InChI is InChI=1S/C16H18N2O2/c1-11-5-3-7-13(9-11)20-10-15(19)18-16-12(2)6-4-8-14(16)17/h3-9H,10,17H2,1-2H3,(H,18,19). The number of anilines is 2. The average molecular weight is 270 g/mol. The Kier molecular flexibility index (Phi) is 4.25. The van der Waals surface area contributed by atoms with Crippen molar-refractivity contribution in [1.82, 2.24) is 0 Å². The smallest absolute Gasteiger partial charge is 0.262 e. The van der Waals surface area contributed by atoms with Crippen molar-refractivity contribution in [3.05, 3.63) is 53.6 Å². The van der Waals surface area contributed by atoms with Crippen molar-refractivity contribution in [3.8, 4) is 5.75 Å². The zero-order chi connectivity index (χ0) is 14.5. The molecule has 0 spiro atoms. The van der Waals surface area contributed by atoms with Gasteiger partial charge in [-0.1, -0.05) is 24.3 Å². The molecule has 0 atom stereocenters. The number of nitrogens with two attached hydrogens (primary N) is 1. The SMILES string of the molecule is Cc1cccc(OCC(=O)Nc2c(C)cccc2N)c1. The maximum absolute atomic E-state index is 11.9. The number of amides is 1. The van der Waals surface area contributed by atoms with Gasteiger partial charge in [-0.2, -0.15) is 0 Å². The Bertz CT molecular complexity index is 603. The van der Waals surface area contributed by atoms with Gasteiger partial charge < -0.3 is 15.8 Å². The van der Waals surface area contributed by atoms with Gasteiger partial charge in [0.2, 0.25) is 0 Å². The molecule has 0 aliphatic heterocycles. The lowest BCUT2D eigenvalue weighted by Crippen LogP contribution is -2.21. The van der Waals surface area contributed by atoms with Gasteiger partial charge in [0.15, 0.2) is 6.61 Å². The Morgan fingerprint density at radius 2 is 1.95 bits per heavy atom. The van der Waals surface area contributed by atoms with E-state index in [1.54, 1.807) is 6.07 Å². The minimum absolute atomic E-state index is 0.0444. The number of ether oxygens (including phenoxy) is 1. The van der Waals surface area contributed by atoms with Crippen molar-refractivity contribution >= 4 is 17.3 Å². The minimum atomic E-state index is -0.229. The maximum atomic E-state index is 11.9. The number of para-hydroxylation sites is 1. The van der Waals surface area contributed by atoms with Gasteiger partial charge in [0.05, 0.1) is 11.4 Å². The Morgan fingerprint density at radius 1 is 1.20 bits per heavy atom. The normalized spacial score (nSPS) is 10.1. The fourth-order valence-electron chi connectivity index (χ4n) is 1.89. The van der Waals surface area contributed by atoms with Crippen LogP contribution in [0.15, 0.2) is 42.5 Å². The molecule has 2 aromatic rings. The summed E-state index contributed by atoms with van der Waals surface area (Å²) in [6.45, 7) is 3.82. The van der Waals surface area contributed by atoms with Crippen LogP contribution in [0.4, 0.5) is 11.4 Å². The van der Waals surface area contributed by atoms with Crippen LogP contribution in [-0.4, -0.2) is 12.5 Å². The molecule has 104 valence electrons. The summed E-state index contributed by atoms with van der Waals surface area (Å²) in [5.41, 5.74) is 9.05. The van der Waals surface area contributed by atoms with Crippen molar-refractivity contribution in [3.63, 3.8) is 0 Å².